The van der Waals surface area contributed by atoms with Crippen molar-refractivity contribution in [1.82, 2.24) is 14.7 Å². The molecule has 6 heteroatoms. The SMILES string of the molecule is Cc1cccc(-c2cccc(NC(=O)C3CCCN(C(=O)Cn4cccn4)C3)c2)c1. The number of hydrogen-bond donors (Lipinski definition) is 1. The minimum atomic E-state index is -0.206. The van der Waals surface area contributed by atoms with E-state index in [2.05, 4.69) is 35.5 Å². The zero-order valence-electron chi connectivity index (χ0n) is 17.1. The van der Waals surface area contributed by atoms with Crippen LogP contribution in [-0.4, -0.2) is 39.6 Å². The van der Waals surface area contributed by atoms with Gasteiger partial charge < -0.3 is 10.2 Å². The molecule has 154 valence electrons. The fourth-order valence-corrected chi connectivity index (χ4v) is 3.90. The normalized spacial score (nSPS) is 16.3. The molecule has 0 spiro atoms. The Hall–Kier alpha value is -3.41. The topological polar surface area (TPSA) is 67.2 Å². The van der Waals surface area contributed by atoms with E-state index >= 15 is 0 Å². The van der Waals surface area contributed by atoms with E-state index in [9.17, 15) is 9.59 Å². The van der Waals surface area contributed by atoms with Crippen molar-refractivity contribution in [2.24, 2.45) is 5.92 Å². The molecule has 4 rings (SSSR count). The first kappa shape index (κ1) is 19.9. The smallest absolute Gasteiger partial charge is 0.244 e. The highest BCUT2D eigenvalue weighted by atomic mass is 16.2. The molecule has 0 bridgehead atoms. The minimum Gasteiger partial charge on any atom is -0.340 e. The molecule has 1 fully saturated rings. The first-order valence-electron chi connectivity index (χ1n) is 10.3. The number of rotatable bonds is 5. The number of aryl methyl sites for hydroxylation is 1. The predicted octanol–water partition coefficient (Wildman–Crippen LogP) is 3.74. The molecular weight excluding hydrogens is 376 g/mol. The van der Waals surface area contributed by atoms with Gasteiger partial charge in [0.15, 0.2) is 0 Å². The molecule has 1 unspecified atom stereocenters. The van der Waals surface area contributed by atoms with E-state index in [-0.39, 0.29) is 24.3 Å². The summed E-state index contributed by atoms with van der Waals surface area (Å²) in [4.78, 5) is 27.2. The molecule has 1 atom stereocenters. The van der Waals surface area contributed by atoms with Gasteiger partial charge in [-0.1, -0.05) is 42.0 Å². The van der Waals surface area contributed by atoms with E-state index in [0.29, 0.717) is 13.1 Å². The maximum absolute atomic E-state index is 12.9. The van der Waals surface area contributed by atoms with E-state index in [4.69, 9.17) is 0 Å². The summed E-state index contributed by atoms with van der Waals surface area (Å²) in [6.45, 7) is 3.41. The van der Waals surface area contributed by atoms with Crippen molar-refractivity contribution in [2.75, 3.05) is 18.4 Å². The second-order valence-corrected chi connectivity index (χ2v) is 7.82. The second-order valence-electron chi connectivity index (χ2n) is 7.82. The molecule has 0 saturated carbocycles. The van der Waals surface area contributed by atoms with E-state index in [0.717, 1.165) is 29.7 Å². The van der Waals surface area contributed by atoms with Gasteiger partial charge in [0.2, 0.25) is 11.8 Å². The van der Waals surface area contributed by atoms with Crippen LogP contribution in [0.2, 0.25) is 0 Å². The van der Waals surface area contributed by atoms with Gasteiger partial charge in [0.1, 0.15) is 6.54 Å². The van der Waals surface area contributed by atoms with E-state index < -0.39 is 0 Å². The number of amides is 2. The predicted molar refractivity (Wildman–Crippen MR) is 117 cm³/mol. The van der Waals surface area contributed by atoms with Crippen LogP contribution in [0.5, 0.6) is 0 Å². The van der Waals surface area contributed by atoms with Crippen LogP contribution in [0.1, 0.15) is 18.4 Å². The van der Waals surface area contributed by atoms with Crippen LogP contribution >= 0.6 is 0 Å². The molecule has 0 aliphatic carbocycles. The first-order chi connectivity index (χ1) is 14.6. The van der Waals surface area contributed by atoms with Crippen molar-refractivity contribution in [3.8, 4) is 11.1 Å². The molecule has 1 aliphatic rings. The molecule has 30 heavy (non-hydrogen) atoms. The number of piperidine rings is 1. The van der Waals surface area contributed by atoms with Crippen LogP contribution in [0, 0.1) is 12.8 Å². The van der Waals surface area contributed by atoms with Crippen LogP contribution < -0.4 is 5.32 Å². The van der Waals surface area contributed by atoms with E-state index in [1.165, 1.54) is 5.56 Å². The molecule has 1 aliphatic heterocycles. The maximum atomic E-state index is 12.9. The Morgan fingerprint density at radius 1 is 1.10 bits per heavy atom. The quantitative estimate of drug-likeness (QED) is 0.707. The molecular formula is C24H26N4O2. The third kappa shape index (κ3) is 4.76. The second kappa shape index (κ2) is 8.95. The molecule has 6 nitrogen and oxygen atoms in total. The summed E-state index contributed by atoms with van der Waals surface area (Å²) < 4.78 is 1.61. The van der Waals surface area contributed by atoms with Gasteiger partial charge in [-0.25, -0.2) is 0 Å². The summed E-state index contributed by atoms with van der Waals surface area (Å²) in [6.07, 6.45) is 5.04. The number of likely N-dealkylation sites (tertiary alicyclic amines) is 1. The lowest BCUT2D eigenvalue weighted by atomic mass is 9.96. The summed E-state index contributed by atoms with van der Waals surface area (Å²) in [5.74, 6) is -0.242. The largest absolute Gasteiger partial charge is 0.340 e. The lowest BCUT2D eigenvalue weighted by Crippen LogP contribution is -2.45. The average molecular weight is 402 g/mol. The molecule has 2 aromatic carbocycles. The molecule has 2 amide bonds. The van der Waals surface area contributed by atoms with Gasteiger partial charge in [0.25, 0.3) is 0 Å². The Kier molecular flexibility index (Phi) is 5.93. The Bertz CT molecular complexity index is 1030. The highest BCUT2D eigenvalue weighted by Crippen LogP contribution is 2.25. The molecule has 1 N–H and O–H groups in total. The molecule has 2 heterocycles. The van der Waals surface area contributed by atoms with Gasteiger partial charge in [0.05, 0.1) is 5.92 Å². The van der Waals surface area contributed by atoms with Crippen LogP contribution in [0.3, 0.4) is 0 Å². The summed E-state index contributed by atoms with van der Waals surface area (Å²) in [6, 6.07) is 18.0. The van der Waals surface area contributed by atoms with Gasteiger partial charge in [-0.2, -0.15) is 5.10 Å². The number of anilines is 1. The lowest BCUT2D eigenvalue weighted by Gasteiger charge is -2.32. The van der Waals surface area contributed by atoms with Gasteiger partial charge in [0, 0.05) is 31.2 Å². The fourth-order valence-electron chi connectivity index (χ4n) is 3.90. The van der Waals surface area contributed by atoms with Crippen LogP contribution in [0.25, 0.3) is 11.1 Å². The Labute approximate surface area is 176 Å². The number of hydrogen-bond acceptors (Lipinski definition) is 3. The number of aromatic nitrogens is 2. The zero-order chi connectivity index (χ0) is 20.9. The standard InChI is InChI=1S/C24H26N4O2/c1-18-6-2-7-19(14-18)20-8-3-10-22(15-20)26-24(30)21-9-4-12-27(16-21)23(29)17-28-13-5-11-25-28/h2-3,5-8,10-11,13-15,21H,4,9,12,16-17H2,1H3,(H,26,30). The first-order valence-corrected chi connectivity index (χ1v) is 10.3. The number of nitrogens with one attached hydrogen (secondary N) is 1. The van der Waals surface area contributed by atoms with Crippen LogP contribution in [-0.2, 0) is 16.1 Å². The molecule has 1 saturated heterocycles. The van der Waals surface area contributed by atoms with Crippen molar-refractivity contribution in [2.45, 2.75) is 26.3 Å². The van der Waals surface area contributed by atoms with Crippen LogP contribution in [0.4, 0.5) is 5.69 Å². The Morgan fingerprint density at radius 3 is 2.67 bits per heavy atom. The van der Waals surface area contributed by atoms with Gasteiger partial charge in [-0.15, -0.1) is 0 Å². The van der Waals surface area contributed by atoms with Crippen molar-refractivity contribution in [1.29, 1.82) is 0 Å². The zero-order valence-corrected chi connectivity index (χ0v) is 17.1. The van der Waals surface area contributed by atoms with Crippen molar-refractivity contribution in [3.63, 3.8) is 0 Å². The van der Waals surface area contributed by atoms with Crippen LogP contribution in [0.15, 0.2) is 67.0 Å². The highest BCUT2D eigenvalue weighted by Gasteiger charge is 2.28. The average Bonchev–Trinajstić information content (AvgIpc) is 3.27. The van der Waals surface area contributed by atoms with Crippen molar-refractivity contribution < 1.29 is 9.59 Å². The molecule has 3 aromatic rings. The number of carbonyl (C=O) groups excluding carboxylic acids is 2. The summed E-state index contributed by atoms with van der Waals surface area (Å²) >= 11 is 0. The van der Waals surface area contributed by atoms with E-state index in [1.807, 2.05) is 30.3 Å². The van der Waals surface area contributed by atoms with Crippen molar-refractivity contribution >= 4 is 17.5 Å². The van der Waals surface area contributed by atoms with Gasteiger partial charge >= 0.3 is 0 Å². The Morgan fingerprint density at radius 2 is 1.90 bits per heavy atom. The minimum absolute atomic E-state index is 0.00218. The van der Waals surface area contributed by atoms with E-state index in [1.54, 1.807) is 28.0 Å². The summed E-state index contributed by atoms with van der Waals surface area (Å²) in [7, 11) is 0. The summed E-state index contributed by atoms with van der Waals surface area (Å²) in [5.41, 5.74) is 4.17. The summed E-state index contributed by atoms with van der Waals surface area (Å²) in [5, 5.41) is 7.14. The van der Waals surface area contributed by atoms with Gasteiger partial charge in [-0.3, -0.25) is 14.3 Å². The number of nitrogens with zero attached hydrogens (tertiary/aromatic N) is 3. The molecule has 0 radical (unpaired) electrons. The third-order valence-corrected chi connectivity index (χ3v) is 5.48. The number of benzene rings is 2. The maximum Gasteiger partial charge on any atom is 0.244 e. The highest BCUT2D eigenvalue weighted by molar-refractivity contribution is 5.93. The number of carbonyl (C=O) groups is 2. The lowest BCUT2D eigenvalue weighted by molar-refractivity contribution is -0.135. The van der Waals surface area contributed by atoms with Gasteiger partial charge in [-0.05, 0) is 49.1 Å². The monoisotopic (exact) mass is 402 g/mol. The van der Waals surface area contributed by atoms with Crippen molar-refractivity contribution in [3.05, 3.63) is 72.6 Å². The Balaban J connectivity index is 1.40. The fraction of sp³-hybridized carbons (Fsp3) is 0.292. The third-order valence-electron chi connectivity index (χ3n) is 5.48. The molecule has 1 aromatic heterocycles.